The van der Waals surface area contributed by atoms with E-state index in [-0.39, 0.29) is 12.4 Å². The fourth-order valence-electron chi connectivity index (χ4n) is 1.63. The van der Waals surface area contributed by atoms with Crippen LogP contribution in [-0.2, 0) is 12.5 Å². The zero-order valence-corrected chi connectivity index (χ0v) is 13.7. The third-order valence-corrected chi connectivity index (χ3v) is 4.40. The lowest BCUT2D eigenvalue weighted by Crippen LogP contribution is -2.00. The number of rotatable bonds is 4. The molecule has 0 spiro atoms. The van der Waals surface area contributed by atoms with Crippen LogP contribution in [0.25, 0.3) is 0 Å². The van der Waals surface area contributed by atoms with Gasteiger partial charge < -0.3 is 4.74 Å². The van der Waals surface area contributed by atoms with Gasteiger partial charge in [-0.25, -0.2) is 4.39 Å². The molecule has 0 aliphatic heterocycles. The molecule has 0 atom stereocenters. The standard InChI is InChI=1S/C14H10Br2ClFO/c15-11-5-1-3-9(7-17)14(11)19-8-10-4-2-6-12(18)13(10)16/h1-6H,7-8H2. The summed E-state index contributed by atoms with van der Waals surface area (Å²) in [5.74, 6) is 0.749. The molecule has 0 heterocycles. The average molecular weight is 408 g/mol. The lowest BCUT2D eigenvalue weighted by atomic mass is 10.2. The molecular formula is C14H10Br2ClFO. The topological polar surface area (TPSA) is 9.23 Å². The van der Waals surface area contributed by atoms with E-state index in [0.29, 0.717) is 16.1 Å². The van der Waals surface area contributed by atoms with E-state index >= 15 is 0 Å². The molecular weight excluding hydrogens is 398 g/mol. The van der Waals surface area contributed by atoms with Gasteiger partial charge in [-0.05, 0) is 44.0 Å². The number of benzene rings is 2. The van der Waals surface area contributed by atoms with Gasteiger partial charge in [-0.1, -0.05) is 24.3 Å². The van der Waals surface area contributed by atoms with Crippen LogP contribution in [0.3, 0.4) is 0 Å². The highest BCUT2D eigenvalue weighted by Gasteiger charge is 2.10. The first-order chi connectivity index (χ1) is 9.13. The molecule has 100 valence electrons. The van der Waals surface area contributed by atoms with Crippen molar-refractivity contribution in [2.75, 3.05) is 0 Å². The molecule has 0 aromatic heterocycles. The minimum absolute atomic E-state index is 0.269. The molecule has 0 saturated carbocycles. The second-order valence-electron chi connectivity index (χ2n) is 3.86. The molecule has 19 heavy (non-hydrogen) atoms. The smallest absolute Gasteiger partial charge is 0.138 e. The minimum atomic E-state index is -0.300. The van der Waals surface area contributed by atoms with Crippen molar-refractivity contribution < 1.29 is 9.13 Å². The third-order valence-electron chi connectivity index (χ3n) is 2.60. The van der Waals surface area contributed by atoms with E-state index in [1.54, 1.807) is 6.07 Å². The molecule has 0 amide bonds. The highest BCUT2D eigenvalue weighted by atomic mass is 79.9. The zero-order chi connectivity index (χ0) is 13.8. The Hall–Kier alpha value is -0.580. The normalized spacial score (nSPS) is 10.5. The van der Waals surface area contributed by atoms with Gasteiger partial charge in [0, 0.05) is 11.1 Å². The Bertz CT molecular complexity index is 590. The second-order valence-corrected chi connectivity index (χ2v) is 5.78. The summed E-state index contributed by atoms with van der Waals surface area (Å²) in [6.07, 6.45) is 0. The summed E-state index contributed by atoms with van der Waals surface area (Å²) < 4.78 is 20.4. The van der Waals surface area contributed by atoms with Crippen LogP contribution in [0.4, 0.5) is 4.39 Å². The maximum atomic E-state index is 13.4. The first kappa shape index (κ1) is 14.8. The predicted octanol–water partition coefficient (Wildman–Crippen LogP) is 5.67. The Kier molecular flexibility index (Phi) is 5.25. The van der Waals surface area contributed by atoms with E-state index in [1.165, 1.54) is 6.07 Å². The Labute approximate surface area is 133 Å². The molecule has 1 nitrogen and oxygen atoms in total. The maximum Gasteiger partial charge on any atom is 0.138 e. The summed E-state index contributed by atoms with van der Waals surface area (Å²) in [6, 6.07) is 10.5. The molecule has 0 bridgehead atoms. The molecule has 0 saturated heterocycles. The third kappa shape index (κ3) is 3.50. The minimum Gasteiger partial charge on any atom is -0.487 e. The van der Waals surface area contributed by atoms with E-state index in [0.717, 1.165) is 15.6 Å². The van der Waals surface area contributed by atoms with E-state index in [9.17, 15) is 4.39 Å². The van der Waals surface area contributed by atoms with Crippen LogP contribution < -0.4 is 4.74 Å². The number of hydrogen-bond acceptors (Lipinski definition) is 1. The predicted molar refractivity (Wildman–Crippen MR) is 82.1 cm³/mol. The van der Waals surface area contributed by atoms with Crippen LogP contribution in [0.5, 0.6) is 5.75 Å². The van der Waals surface area contributed by atoms with Crippen molar-refractivity contribution in [3.05, 3.63) is 62.3 Å². The fourth-order valence-corrected chi connectivity index (χ4v) is 2.74. The first-order valence-corrected chi connectivity index (χ1v) is 7.64. The van der Waals surface area contributed by atoms with Gasteiger partial charge >= 0.3 is 0 Å². The maximum absolute atomic E-state index is 13.4. The van der Waals surface area contributed by atoms with Gasteiger partial charge in [0.1, 0.15) is 18.2 Å². The highest BCUT2D eigenvalue weighted by molar-refractivity contribution is 9.10. The van der Waals surface area contributed by atoms with Gasteiger partial charge in [-0.3, -0.25) is 0 Å². The number of alkyl halides is 1. The number of halogens is 4. The molecule has 0 radical (unpaired) electrons. The van der Waals surface area contributed by atoms with Crippen LogP contribution in [-0.4, -0.2) is 0 Å². The highest BCUT2D eigenvalue weighted by Crippen LogP contribution is 2.31. The number of para-hydroxylation sites is 1. The Morgan fingerprint density at radius 3 is 2.47 bits per heavy atom. The number of hydrogen-bond donors (Lipinski definition) is 0. The van der Waals surface area contributed by atoms with Crippen molar-refractivity contribution in [1.82, 2.24) is 0 Å². The molecule has 0 N–H and O–H groups in total. The molecule has 2 aromatic carbocycles. The fraction of sp³-hybridized carbons (Fsp3) is 0.143. The van der Waals surface area contributed by atoms with E-state index in [4.69, 9.17) is 16.3 Å². The first-order valence-electron chi connectivity index (χ1n) is 5.52. The van der Waals surface area contributed by atoms with Crippen LogP contribution in [0.15, 0.2) is 45.3 Å². The molecule has 0 aliphatic carbocycles. The summed E-state index contributed by atoms with van der Waals surface area (Å²) in [5.41, 5.74) is 1.64. The Morgan fingerprint density at radius 1 is 1.05 bits per heavy atom. The summed E-state index contributed by atoms with van der Waals surface area (Å²) in [5, 5.41) is 0. The quantitative estimate of drug-likeness (QED) is 0.593. The molecule has 0 aliphatic rings. The Balaban J connectivity index is 2.21. The summed E-state index contributed by atoms with van der Waals surface area (Å²) >= 11 is 12.5. The van der Waals surface area contributed by atoms with Crippen molar-refractivity contribution in [2.24, 2.45) is 0 Å². The van der Waals surface area contributed by atoms with Gasteiger partial charge in [-0.2, -0.15) is 0 Å². The molecule has 5 heteroatoms. The van der Waals surface area contributed by atoms with Gasteiger partial charge in [0.15, 0.2) is 0 Å². The van der Waals surface area contributed by atoms with Crippen molar-refractivity contribution >= 4 is 43.5 Å². The van der Waals surface area contributed by atoms with Gasteiger partial charge in [-0.15, -0.1) is 11.6 Å². The van der Waals surface area contributed by atoms with Gasteiger partial charge in [0.2, 0.25) is 0 Å². The summed E-state index contributed by atoms with van der Waals surface area (Å²) in [4.78, 5) is 0. The second kappa shape index (κ2) is 6.73. The molecule has 0 fully saturated rings. The molecule has 0 unspecified atom stereocenters. The number of ether oxygens (including phenoxy) is 1. The van der Waals surface area contributed by atoms with Crippen LogP contribution in [0, 0.1) is 5.82 Å². The van der Waals surface area contributed by atoms with Crippen molar-refractivity contribution in [3.8, 4) is 5.75 Å². The monoisotopic (exact) mass is 406 g/mol. The molecule has 2 aromatic rings. The van der Waals surface area contributed by atoms with Gasteiger partial charge in [0.25, 0.3) is 0 Å². The van der Waals surface area contributed by atoms with Crippen LogP contribution in [0.2, 0.25) is 0 Å². The van der Waals surface area contributed by atoms with Gasteiger partial charge in [0.05, 0.1) is 14.8 Å². The van der Waals surface area contributed by atoms with Crippen molar-refractivity contribution in [1.29, 1.82) is 0 Å². The van der Waals surface area contributed by atoms with E-state index in [2.05, 4.69) is 31.9 Å². The van der Waals surface area contributed by atoms with E-state index in [1.807, 2.05) is 24.3 Å². The average Bonchev–Trinajstić information content (AvgIpc) is 2.41. The van der Waals surface area contributed by atoms with Crippen LogP contribution >= 0.6 is 43.5 Å². The van der Waals surface area contributed by atoms with Crippen LogP contribution in [0.1, 0.15) is 11.1 Å². The van der Waals surface area contributed by atoms with Crippen molar-refractivity contribution in [3.63, 3.8) is 0 Å². The summed E-state index contributed by atoms with van der Waals surface area (Å²) in [6.45, 7) is 0.269. The zero-order valence-electron chi connectivity index (χ0n) is 9.80. The molecule has 2 rings (SSSR count). The Morgan fingerprint density at radius 2 is 1.74 bits per heavy atom. The SMILES string of the molecule is Fc1cccc(COc2c(Br)cccc2CCl)c1Br. The van der Waals surface area contributed by atoms with Crippen molar-refractivity contribution in [2.45, 2.75) is 12.5 Å². The summed E-state index contributed by atoms with van der Waals surface area (Å²) in [7, 11) is 0. The lowest BCUT2D eigenvalue weighted by Gasteiger charge is -2.13. The van der Waals surface area contributed by atoms with E-state index < -0.39 is 0 Å². The lowest BCUT2D eigenvalue weighted by molar-refractivity contribution is 0.300. The largest absolute Gasteiger partial charge is 0.487 e.